The van der Waals surface area contributed by atoms with Gasteiger partial charge in [-0.15, -0.1) is 0 Å². The first-order valence-corrected chi connectivity index (χ1v) is 10.2. The normalized spacial score (nSPS) is 19.6. The Hall–Kier alpha value is -3.07. The highest BCUT2D eigenvalue weighted by molar-refractivity contribution is 7.08. The van der Waals surface area contributed by atoms with Gasteiger partial charge in [-0.05, 0) is 35.7 Å². The van der Waals surface area contributed by atoms with Crippen LogP contribution in [-0.4, -0.2) is 46.5 Å². The topological polar surface area (TPSA) is 79.5 Å². The second-order valence-corrected chi connectivity index (χ2v) is 8.07. The molecule has 2 aromatic heterocycles. The second-order valence-electron chi connectivity index (χ2n) is 7.29. The Morgan fingerprint density at radius 1 is 1.17 bits per heavy atom. The molecule has 1 aromatic carbocycles. The Morgan fingerprint density at radius 2 is 1.97 bits per heavy atom. The van der Waals surface area contributed by atoms with Crippen LogP contribution in [0, 0.1) is 11.7 Å². The number of halogens is 1. The summed E-state index contributed by atoms with van der Waals surface area (Å²) in [6.45, 7) is 1.32. The Kier molecular flexibility index (Phi) is 4.39. The van der Waals surface area contributed by atoms with Crippen molar-refractivity contribution in [1.82, 2.24) is 15.0 Å². The minimum Gasteiger partial charge on any atom is -0.341 e. The number of carbonyl (C=O) groups is 2. The number of hydrogen-bond donors (Lipinski definition) is 0. The molecule has 1 atom stereocenters. The third-order valence-corrected chi connectivity index (χ3v) is 6.06. The molecule has 2 fully saturated rings. The molecule has 0 aliphatic carbocycles. The third kappa shape index (κ3) is 3.31. The highest BCUT2D eigenvalue weighted by atomic mass is 32.1. The number of likely N-dealkylation sites (tertiary alicyclic amines) is 1. The monoisotopic (exact) mass is 412 g/mol. The van der Waals surface area contributed by atoms with Crippen LogP contribution in [0.4, 0.5) is 10.1 Å². The average Bonchev–Trinajstić information content (AvgIpc) is 3.41. The fourth-order valence-electron chi connectivity index (χ4n) is 3.73. The highest BCUT2D eigenvalue weighted by Gasteiger charge is 2.42. The van der Waals surface area contributed by atoms with Crippen LogP contribution in [0.1, 0.15) is 18.2 Å². The van der Waals surface area contributed by atoms with Crippen LogP contribution in [0.25, 0.3) is 11.4 Å². The summed E-state index contributed by atoms with van der Waals surface area (Å²) in [7, 11) is 0. The van der Waals surface area contributed by atoms with Crippen molar-refractivity contribution in [3.63, 3.8) is 0 Å². The molecule has 2 aliphatic heterocycles. The van der Waals surface area contributed by atoms with Crippen LogP contribution in [0.5, 0.6) is 0 Å². The Morgan fingerprint density at radius 3 is 2.69 bits per heavy atom. The molecule has 5 rings (SSSR count). The van der Waals surface area contributed by atoms with Gasteiger partial charge in [0.25, 0.3) is 0 Å². The van der Waals surface area contributed by atoms with E-state index in [1.807, 2.05) is 16.8 Å². The lowest BCUT2D eigenvalue weighted by Crippen LogP contribution is -2.51. The zero-order chi connectivity index (χ0) is 20.0. The number of carbonyl (C=O) groups excluding carboxylic acids is 2. The molecular weight excluding hydrogens is 395 g/mol. The molecule has 0 saturated carbocycles. The van der Waals surface area contributed by atoms with Crippen molar-refractivity contribution in [3.05, 3.63) is 52.8 Å². The van der Waals surface area contributed by atoms with Crippen LogP contribution in [0.3, 0.4) is 0 Å². The molecule has 29 heavy (non-hydrogen) atoms. The predicted octanol–water partition coefficient (Wildman–Crippen LogP) is 2.92. The molecule has 4 heterocycles. The smallest absolute Gasteiger partial charge is 0.233 e. The number of benzene rings is 1. The minimum absolute atomic E-state index is 0.0177. The van der Waals surface area contributed by atoms with Crippen molar-refractivity contribution in [1.29, 1.82) is 0 Å². The molecule has 0 spiro atoms. The van der Waals surface area contributed by atoms with Gasteiger partial charge in [0.05, 0.1) is 11.8 Å². The van der Waals surface area contributed by atoms with Crippen LogP contribution in [0.2, 0.25) is 0 Å². The summed E-state index contributed by atoms with van der Waals surface area (Å²) in [4.78, 5) is 32.8. The van der Waals surface area contributed by atoms with Crippen molar-refractivity contribution >= 4 is 28.8 Å². The summed E-state index contributed by atoms with van der Waals surface area (Å²) in [5, 5.41) is 7.91. The van der Waals surface area contributed by atoms with Crippen LogP contribution < -0.4 is 4.90 Å². The van der Waals surface area contributed by atoms with Crippen LogP contribution in [-0.2, 0) is 9.59 Å². The first kappa shape index (κ1) is 18.0. The molecule has 2 saturated heterocycles. The van der Waals surface area contributed by atoms with Gasteiger partial charge < -0.3 is 14.3 Å². The molecule has 9 heteroatoms. The molecule has 3 aromatic rings. The van der Waals surface area contributed by atoms with E-state index in [1.54, 1.807) is 33.3 Å². The number of nitrogens with zero attached hydrogens (tertiary/aromatic N) is 4. The maximum absolute atomic E-state index is 13.1. The van der Waals surface area contributed by atoms with Crippen molar-refractivity contribution in [3.8, 4) is 11.4 Å². The van der Waals surface area contributed by atoms with E-state index in [1.165, 1.54) is 12.1 Å². The number of rotatable bonds is 4. The van der Waals surface area contributed by atoms with E-state index in [4.69, 9.17) is 4.52 Å². The van der Waals surface area contributed by atoms with Gasteiger partial charge in [0.1, 0.15) is 5.82 Å². The number of thiophene rings is 1. The van der Waals surface area contributed by atoms with Gasteiger partial charge in [0.15, 0.2) is 0 Å². The van der Waals surface area contributed by atoms with E-state index in [0.717, 1.165) is 5.56 Å². The first-order chi connectivity index (χ1) is 14.1. The number of hydrogen-bond acceptors (Lipinski definition) is 6. The SMILES string of the molecule is O=C(C1CC(=O)N(c2ccc(F)cc2)C1)N1CC(c2nc(-c3ccsc3)no2)C1. The second kappa shape index (κ2) is 7.07. The van der Waals surface area contributed by atoms with E-state index in [9.17, 15) is 14.0 Å². The van der Waals surface area contributed by atoms with Crippen molar-refractivity contribution in [2.75, 3.05) is 24.5 Å². The lowest BCUT2D eigenvalue weighted by atomic mass is 9.96. The lowest BCUT2D eigenvalue weighted by molar-refractivity contribution is -0.140. The predicted molar refractivity (Wildman–Crippen MR) is 104 cm³/mol. The zero-order valence-electron chi connectivity index (χ0n) is 15.3. The molecule has 0 radical (unpaired) electrons. The summed E-state index contributed by atoms with van der Waals surface area (Å²) in [6, 6.07) is 7.67. The van der Waals surface area contributed by atoms with E-state index in [2.05, 4.69) is 10.1 Å². The van der Waals surface area contributed by atoms with E-state index in [0.29, 0.717) is 37.0 Å². The van der Waals surface area contributed by atoms with Crippen LogP contribution >= 0.6 is 11.3 Å². The molecular formula is C20H17FN4O3S. The van der Waals surface area contributed by atoms with E-state index < -0.39 is 5.92 Å². The Labute approximate surface area is 169 Å². The maximum Gasteiger partial charge on any atom is 0.233 e. The number of amides is 2. The van der Waals surface area contributed by atoms with Gasteiger partial charge in [-0.3, -0.25) is 9.59 Å². The zero-order valence-corrected chi connectivity index (χ0v) is 16.1. The molecule has 2 aliphatic rings. The number of anilines is 1. The van der Waals surface area contributed by atoms with Gasteiger partial charge in [-0.1, -0.05) is 5.16 Å². The summed E-state index contributed by atoms with van der Waals surface area (Å²) < 4.78 is 18.5. The van der Waals surface area contributed by atoms with Gasteiger partial charge >= 0.3 is 0 Å². The minimum atomic E-state index is -0.391. The highest BCUT2D eigenvalue weighted by Crippen LogP contribution is 2.32. The van der Waals surface area contributed by atoms with Gasteiger partial charge in [-0.2, -0.15) is 16.3 Å². The van der Waals surface area contributed by atoms with Gasteiger partial charge in [0.2, 0.25) is 23.5 Å². The van der Waals surface area contributed by atoms with Gasteiger partial charge in [-0.25, -0.2) is 4.39 Å². The first-order valence-electron chi connectivity index (χ1n) is 9.29. The van der Waals surface area contributed by atoms with Crippen molar-refractivity contribution in [2.24, 2.45) is 5.92 Å². The van der Waals surface area contributed by atoms with E-state index >= 15 is 0 Å². The summed E-state index contributed by atoms with van der Waals surface area (Å²) >= 11 is 1.56. The fourth-order valence-corrected chi connectivity index (χ4v) is 4.36. The number of aromatic nitrogens is 2. The summed E-state index contributed by atoms with van der Waals surface area (Å²) in [6.07, 6.45) is 0.167. The fraction of sp³-hybridized carbons (Fsp3) is 0.300. The quantitative estimate of drug-likeness (QED) is 0.658. The van der Waals surface area contributed by atoms with Gasteiger partial charge in [0, 0.05) is 42.7 Å². The summed E-state index contributed by atoms with van der Waals surface area (Å²) in [5.41, 5.74) is 1.53. The molecule has 2 amide bonds. The van der Waals surface area contributed by atoms with Crippen molar-refractivity contribution in [2.45, 2.75) is 12.3 Å². The lowest BCUT2D eigenvalue weighted by Gasteiger charge is -2.38. The summed E-state index contributed by atoms with van der Waals surface area (Å²) in [5.74, 6) is 0.193. The van der Waals surface area contributed by atoms with Crippen molar-refractivity contribution < 1.29 is 18.5 Å². The Bertz CT molecular complexity index is 1040. The molecule has 7 nitrogen and oxygen atoms in total. The largest absolute Gasteiger partial charge is 0.341 e. The molecule has 0 bridgehead atoms. The molecule has 148 valence electrons. The third-order valence-electron chi connectivity index (χ3n) is 5.38. The maximum atomic E-state index is 13.1. The Balaban J connectivity index is 1.20. The van der Waals surface area contributed by atoms with E-state index in [-0.39, 0.29) is 30.0 Å². The standard InChI is InChI=1S/C20H17FN4O3S/c21-15-1-3-16(4-2-15)25-10-13(7-17(25)26)20(27)24-8-14(9-24)19-22-18(23-28-19)12-5-6-29-11-12/h1-6,11,13-14H,7-10H2. The molecule has 1 unspecified atom stereocenters. The average molecular weight is 412 g/mol. The molecule has 0 N–H and O–H groups in total. The van der Waals surface area contributed by atoms with Crippen LogP contribution in [0.15, 0.2) is 45.6 Å².